The monoisotopic (exact) mass is 382 g/mol. The maximum Gasteiger partial charge on any atom is 0.253 e. The molecule has 1 aromatic heterocycles. The number of nitrogens with zero attached hydrogens (tertiary/aromatic N) is 6. The molecule has 0 saturated carbocycles. The van der Waals surface area contributed by atoms with Crippen LogP contribution in [0.1, 0.15) is 16.2 Å². The minimum absolute atomic E-state index is 0.0470. The van der Waals surface area contributed by atoms with Crippen LogP contribution >= 0.6 is 11.6 Å². The van der Waals surface area contributed by atoms with Gasteiger partial charge in [0.2, 0.25) is 0 Å². The minimum Gasteiger partial charge on any atom is -0.368 e. The van der Waals surface area contributed by atoms with Gasteiger partial charge in [-0.1, -0.05) is 11.6 Å². The molecule has 2 heterocycles. The van der Waals surface area contributed by atoms with E-state index in [9.17, 15) is 4.79 Å². The van der Waals surface area contributed by atoms with E-state index in [0.29, 0.717) is 24.5 Å². The summed E-state index contributed by atoms with van der Waals surface area (Å²) in [6, 6.07) is 15.2. The first-order valence-corrected chi connectivity index (χ1v) is 9.15. The van der Waals surface area contributed by atoms with Gasteiger partial charge >= 0.3 is 0 Å². The van der Waals surface area contributed by atoms with Crippen molar-refractivity contribution in [2.45, 2.75) is 6.92 Å². The number of anilines is 1. The number of aryl methyl sites for hydroxylation is 1. The highest BCUT2D eigenvalue weighted by Gasteiger charge is 2.22. The Hall–Kier alpha value is -2.93. The van der Waals surface area contributed by atoms with Crippen LogP contribution in [0.2, 0.25) is 5.02 Å². The molecule has 1 aliphatic heterocycles. The summed E-state index contributed by atoms with van der Waals surface area (Å²) in [5.41, 5.74) is 2.64. The largest absolute Gasteiger partial charge is 0.368 e. The number of amides is 1. The molecule has 1 aliphatic rings. The summed E-state index contributed by atoms with van der Waals surface area (Å²) in [5, 5.41) is 12.2. The molecule has 0 atom stereocenters. The number of tetrazole rings is 1. The average molecular weight is 383 g/mol. The van der Waals surface area contributed by atoms with E-state index in [0.717, 1.165) is 29.5 Å². The van der Waals surface area contributed by atoms with Gasteiger partial charge < -0.3 is 9.80 Å². The molecule has 1 saturated heterocycles. The van der Waals surface area contributed by atoms with Crippen LogP contribution in [0, 0.1) is 6.92 Å². The quantitative estimate of drug-likeness (QED) is 0.696. The molecule has 138 valence electrons. The van der Waals surface area contributed by atoms with E-state index in [1.807, 2.05) is 60.4 Å². The normalized spacial score (nSPS) is 14.4. The van der Waals surface area contributed by atoms with Gasteiger partial charge in [0, 0.05) is 42.5 Å². The van der Waals surface area contributed by atoms with Crippen LogP contribution < -0.4 is 4.90 Å². The Bertz CT molecular complexity index is 930. The molecule has 0 unspecified atom stereocenters. The zero-order valence-electron chi connectivity index (χ0n) is 14.9. The zero-order chi connectivity index (χ0) is 18.8. The topological polar surface area (TPSA) is 67.2 Å². The van der Waals surface area contributed by atoms with Gasteiger partial charge in [0.25, 0.3) is 5.91 Å². The first-order valence-electron chi connectivity index (χ1n) is 8.77. The van der Waals surface area contributed by atoms with Crippen LogP contribution in [0.3, 0.4) is 0 Å². The van der Waals surface area contributed by atoms with Crippen LogP contribution in [0.15, 0.2) is 48.5 Å². The Labute approximate surface area is 162 Å². The summed E-state index contributed by atoms with van der Waals surface area (Å²) in [5.74, 6) is 0.748. The molecule has 0 aliphatic carbocycles. The van der Waals surface area contributed by atoms with Crippen LogP contribution in [0.25, 0.3) is 5.69 Å². The predicted molar refractivity (Wildman–Crippen MR) is 103 cm³/mol. The Balaban J connectivity index is 1.40. The number of carbonyl (C=O) groups is 1. The highest BCUT2D eigenvalue weighted by molar-refractivity contribution is 6.30. The van der Waals surface area contributed by atoms with Crippen molar-refractivity contribution in [3.8, 4) is 5.69 Å². The van der Waals surface area contributed by atoms with Crippen LogP contribution in [-0.2, 0) is 0 Å². The fourth-order valence-corrected chi connectivity index (χ4v) is 3.34. The smallest absolute Gasteiger partial charge is 0.253 e. The van der Waals surface area contributed by atoms with Crippen molar-refractivity contribution in [1.82, 2.24) is 25.1 Å². The van der Waals surface area contributed by atoms with Crippen molar-refractivity contribution >= 4 is 23.2 Å². The lowest BCUT2D eigenvalue weighted by atomic mass is 10.1. The molecule has 27 heavy (non-hydrogen) atoms. The molecule has 0 radical (unpaired) electrons. The number of hydrogen-bond donors (Lipinski definition) is 0. The number of piperazine rings is 1. The highest BCUT2D eigenvalue weighted by atomic mass is 35.5. The van der Waals surface area contributed by atoms with Crippen molar-refractivity contribution in [2.75, 3.05) is 31.1 Å². The van der Waals surface area contributed by atoms with Crippen molar-refractivity contribution in [3.63, 3.8) is 0 Å². The number of aromatic nitrogens is 4. The summed E-state index contributed by atoms with van der Waals surface area (Å²) in [7, 11) is 0. The molecule has 1 amide bonds. The molecule has 8 heteroatoms. The lowest BCUT2D eigenvalue weighted by Gasteiger charge is -2.36. The first kappa shape index (κ1) is 17.5. The van der Waals surface area contributed by atoms with Gasteiger partial charge in [-0.3, -0.25) is 4.79 Å². The SMILES string of the molecule is Cc1nnnn1-c1ccc(C(=O)N2CCN(c3ccc(Cl)cc3)CC2)cc1. The Morgan fingerprint density at radius 3 is 2.15 bits per heavy atom. The van der Waals surface area contributed by atoms with Gasteiger partial charge in [0.15, 0.2) is 5.82 Å². The number of rotatable bonds is 3. The van der Waals surface area contributed by atoms with Crippen LogP contribution in [-0.4, -0.2) is 57.2 Å². The molecular weight excluding hydrogens is 364 g/mol. The van der Waals surface area contributed by atoms with Gasteiger partial charge in [-0.05, 0) is 65.9 Å². The molecule has 0 bridgehead atoms. The van der Waals surface area contributed by atoms with Crippen LogP contribution in [0.5, 0.6) is 0 Å². The lowest BCUT2D eigenvalue weighted by molar-refractivity contribution is 0.0747. The first-order chi connectivity index (χ1) is 13.1. The van der Waals surface area contributed by atoms with E-state index < -0.39 is 0 Å². The maximum atomic E-state index is 12.8. The standard InChI is InChI=1S/C19H19ClN6O/c1-14-21-22-23-26(14)18-6-2-15(3-7-18)19(27)25-12-10-24(11-13-25)17-8-4-16(20)5-9-17/h2-9H,10-13H2,1H3. The van der Waals surface area contributed by atoms with Crippen molar-refractivity contribution < 1.29 is 4.79 Å². The molecule has 0 spiro atoms. The van der Waals surface area contributed by atoms with Crippen molar-refractivity contribution in [3.05, 3.63) is 64.9 Å². The van der Waals surface area contributed by atoms with Gasteiger partial charge in [-0.15, -0.1) is 5.10 Å². The summed E-state index contributed by atoms with van der Waals surface area (Å²) < 4.78 is 1.64. The van der Waals surface area contributed by atoms with Crippen molar-refractivity contribution in [2.24, 2.45) is 0 Å². The van der Waals surface area contributed by atoms with E-state index in [4.69, 9.17) is 11.6 Å². The Kier molecular flexibility index (Phi) is 4.77. The van der Waals surface area contributed by atoms with Gasteiger partial charge in [0.05, 0.1) is 5.69 Å². The van der Waals surface area contributed by atoms with Gasteiger partial charge in [0.1, 0.15) is 0 Å². The molecule has 4 rings (SSSR count). The van der Waals surface area contributed by atoms with E-state index >= 15 is 0 Å². The molecule has 2 aromatic carbocycles. The van der Waals surface area contributed by atoms with Crippen LogP contribution in [0.4, 0.5) is 5.69 Å². The number of benzene rings is 2. The highest BCUT2D eigenvalue weighted by Crippen LogP contribution is 2.20. The third-order valence-electron chi connectivity index (χ3n) is 4.74. The molecule has 1 fully saturated rings. The maximum absolute atomic E-state index is 12.8. The van der Waals surface area contributed by atoms with E-state index in [1.165, 1.54) is 0 Å². The summed E-state index contributed by atoms with van der Waals surface area (Å²) >= 11 is 5.95. The van der Waals surface area contributed by atoms with Gasteiger partial charge in [-0.25, -0.2) is 0 Å². The molecule has 0 N–H and O–H groups in total. The molecule has 7 nitrogen and oxygen atoms in total. The fraction of sp³-hybridized carbons (Fsp3) is 0.263. The third kappa shape index (κ3) is 3.64. The van der Waals surface area contributed by atoms with Crippen molar-refractivity contribution in [1.29, 1.82) is 0 Å². The second-order valence-corrected chi connectivity index (χ2v) is 6.88. The average Bonchev–Trinajstić information content (AvgIpc) is 3.14. The number of hydrogen-bond acceptors (Lipinski definition) is 5. The van der Waals surface area contributed by atoms with E-state index in [-0.39, 0.29) is 5.91 Å². The zero-order valence-corrected chi connectivity index (χ0v) is 15.7. The molecule has 3 aromatic rings. The summed E-state index contributed by atoms with van der Waals surface area (Å²) in [4.78, 5) is 17.0. The number of carbonyl (C=O) groups excluding carboxylic acids is 1. The molecular formula is C19H19ClN6O. The Morgan fingerprint density at radius 1 is 0.926 bits per heavy atom. The lowest BCUT2D eigenvalue weighted by Crippen LogP contribution is -2.48. The third-order valence-corrected chi connectivity index (χ3v) is 4.99. The van der Waals surface area contributed by atoms with E-state index in [2.05, 4.69) is 20.4 Å². The predicted octanol–water partition coefficient (Wildman–Crippen LogP) is 2.59. The minimum atomic E-state index is 0.0470. The summed E-state index contributed by atoms with van der Waals surface area (Å²) in [6.45, 7) is 4.81. The summed E-state index contributed by atoms with van der Waals surface area (Å²) in [6.07, 6.45) is 0. The number of halogens is 1. The van der Waals surface area contributed by atoms with Gasteiger partial charge in [-0.2, -0.15) is 4.68 Å². The second kappa shape index (κ2) is 7.36. The second-order valence-electron chi connectivity index (χ2n) is 6.44. The Morgan fingerprint density at radius 2 is 1.56 bits per heavy atom. The fourth-order valence-electron chi connectivity index (χ4n) is 3.22. The van der Waals surface area contributed by atoms with E-state index in [1.54, 1.807) is 4.68 Å².